The fourth-order valence-corrected chi connectivity index (χ4v) is 7.79. The molecule has 0 radical (unpaired) electrons. The molecule has 1 aromatic heterocycles. The predicted molar refractivity (Wildman–Crippen MR) is 119 cm³/mol. The summed E-state index contributed by atoms with van der Waals surface area (Å²) >= 11 is 1.02. The van der Waals surface area contributed by atoms with Crippen molar-refractivity contribution in [3.05, 3.63) is 52.9 Å². The Labute approximate surface area is 187 Å². The van der Waals surface area contributed by atoms with Gasteiger partial charge in [0.1, 0.15) is 4.21 Å². The molecule has 2 heterocycles. The van der Waals surface area contributed by atoms with Crippen molar-refractivity contribution in [3.63, 3.8) is 0 Å². The maximum atomic E-state index is 13.1. The number of amides is 1. The Hall–Kier alpha value is -1.83. The topological polar surface area (TPSA) is 130 Å². The van der Waals surface area contributed by atoms with Crippen LogP contribution in [-0.2, 0) is 37.9 Å². The third-order valence-corrected chi connectivity index (χ3v) is 10.1. The lowest BCUT2D eigenvalue weighted by Gasteiger charge is -2.28. The van der Waals surface area contributed by atoms with E-state index in [1.54, 1.807) is 24.4 Å². The van der Waals surface area contributed by atoms with Crippen molar-refractivity contribution >= 4 is 37.3 Å². The molecule has 12 heteroatoms. The second-order valence-corrected chi connectivity index (χ2v) is 12.2. The Morgan fingerprint density at radius 1 is 1.13 bits per heavy atom. The largest absolute Gasteiger partial charge is 0.349 e. The number of carbonyl (C=O) groups is 1. The van der Waals surface area contributed by atoms with E-state index in [0.29, 0.717) is 13.0 Å². The molecule has 1 aromatic carbocycles. The number of hydrogen-bond donors (Lipinski definition) is 2. The first-order valence-electron chi connectivity index (χ1n) is 9.81. The van der Waals surface area contributed by atoms with Crippen molar-refractivity contribution in [1.82, 2.24) is 13.9 Å². The zero-order valence-electron chi connectivity index (χ0n) is 17.1. The molecule has 1 aliphatic heterocycles. The van der Waals surface area contributed by atoms with Gasteiger partial charge in [0.05, 0.1) is 5.75 Å². The molecule has 170 valence electrons. The Morgan fingerprint density at radius 3 is 2.48 bits per heavy atom. The van der Waals surface area contributed by atoms with Crippen molar-refractivity contribution < 1.29 is 21.6 Å². The van der Waals surface area contributed by atoms with Crippen molar-refractivity contribution in [2.24, 2.45) is 5.73 Å². The van der Waals surface area contributed by atoms with Crippen LogP contribution in [0.25, 0.3) is 0 Å². The van der Waals surface area contributed by atoms with E-state index in [-0.39, 0.29) is 29.6 Å². The highest BCUT2D eigenvalue weighted by Crippen LogP contribution is 2.29. The van der Waals surface area contributed by atoms with Crippen LogP contribution in [0.1, 0.15) is 24.5 Å². The summed E-state index contributed by atoms with van der Waals surface area (Å²) in [6.07, 6.45) is -1.11. The van der Waals surface area contributed by atoms with Gasteiger partial charge < -0.3 is 11.1 Å². The maximum absolute atomic E-state index is 13.1. The van der Waals surface area contributed by atoms with Crippen LogP contribution in [0.5, 0.6) is 0 Å². The van der Waals surface area contributed by atoms with Crippen LogP contribution in [0.3, 0.4) is 0 Å². The summed E-state index contributed by atoms with van der Waals surface area (Å²) in [7, 11) is -7.83. The van der Waals surface area contributed by atoms with Gasteiger partial charge in [-0.25, -0.2) is 16.8 Å². The van der Waals surface area contributed by atoms with Gasteiger partial charge in [0.2, 0.25) is 10.0 Å². The molecule has 31 heavy (non-hydrogen) atoms. The van der Waals surface area contributed by atoms with Crippen molar-refractivity contribution in [2.75, 3.05) is 18.8 Å². The summed E-state index contributed by atoms with van der Waals surface area (Å²) in [5.41, 5.74) is 7.32. The molecule has 3 rings (SSSR count). The SMILES string of the molecule is CCCS(=O)(=O)N1CCN(S(=O)(=O)c2cccs2)C1C(=O)NCc1cccc(CN)c1. The Morgan fingerprint density at radius 2 is 1.84 bits per heavy atom. The zero-order chi connectivity index (χ0) is 22.6. The number of nitrogens with zero attached hydrogens (tertiary/aromatic N) is 2. The van der Waals surface area contributed by atoms with E-state index in [1.165, 1.54) is 6.07 Å². The molecule has 1 amide bonds. The Balaban J connectivity index is 1.89. The monoisotopic (exact) mass is 486 g/mol. The minimum Gasteiger partial charge on any atom is -0.349 e. The molecular weight excluding hydrogens is 460 g/mol. The number of nitrogens with two attached hydrogens (primary N) is 1. The number of carbonyl (C=O) groups excluding carboxylic acids is 1. The lowest BCUT2D eigenvalue weighted by molar-refractivity contribution is -0.126. The van der Waals surface area contributed by atoms with Crippen LogP contribution >= 0.6 is 11.3 Å². The van der Waals surface area contributed by atoms with E-state index in [9.17, 15) is 21.6 Å². The van der Waals surface area contributed by atoms with Crippen LogP contribution in [0, 0.1) is 0 Å². The molecule has 0 bridgehead atoms. The van der Waals surface area contributed by atoms with Crippen molar-refractivity contribution in [3.8, 4) is 0 Å². The lowest BCUT2D eigenvalue weighted by atomic mass is 10.1. The van der Waals surface area contributed by atoms with Gasteiger partial charge in [0.25, 0.3) is 15.9 Å². The average Bonchev–Trinajstić information content (AvgIpc) is 3.43. The molecule has 9 nitrogen and oxygen atoms in total. The molecule has 0 saturated carbocycles. The molecule has 1 saturated heterocycles. The van der Waals surface area contributed by atoms with Crippen molar-refractivity contribution in [1.29, 1.82) is 0 Å². The van der Waals surface area contributed by atoms with Crippen LogP contribution in [-0.4, -0.2) is 56.4 Å². The smallest absolute Gasteiger partial charge is 0.254 e. The molecule has 1 unspecified atom stereocenters. The molecule has 3 N–H and O–H groups in total. The second kappa shape index (κ2) is 9.76. The number of nitrogens with one attached hydrogen (secondary N) is 1. The van der Waals surface area contributed by atoms with Crippen LogP contribution in [0.2, 0.25) is 0 Å². The van der Waals surface area contributed by atoms with E-state index in [2.05, 4.69) is 5.32 Å². The summed E-state index contributed by atoms with van der Waals surface area (Å²) < 4.78 is 53.8. The van der Waals surface area contributed by atoms with E-state index in [4.69, 9.17) is 5.73 Å². The summed E-state index contributed by atoms with van der Waals surface area (Å²) in [4.78, 5) is 13.1. The fourth-order valence-electron chi connectivity index (χ4n) is 3.44. The molecule has 1 fully saturated rings. The van der Waals surface area contributed by atoms with Gasteiger partial charge >= 0.3 is 0 Å². The van der Waals surface area contributed by atoms with E-state index in [0.717, 1.165) is 31.1 Å². The van der Waals surface area contributed by atoms with E-state index >= 15 is 0 Å². The first kappa shape index (κ1) is 23.8. The fraction of sp³-hybridized carbons (Fsp3) is 0.421. The highest BCUT2D eigenvalue weighted by atomic mass is 32.2. The van der Waals surface area contributed by atoms with Gasteiger partial charge in [-0.3, -0.25) is 4.79 Å². The first-order valence-corrected chi connectivity index (χ1v) is 13.7. The maximum Gasteiger partial charge on any atom is 0.254 e. The van der Waals surface area contributed by atoms with Crippen LogP contribution in [0.15, 0.2) is 46.0 Å². The van der Waals surface area contributed by atoms with Gasteiger partial charge in [-0.15, -0.1) is 11.3 Å². The average molecular weight is 487 g/mol. The Kier molecular flexibility index (Phi) is 7.50. The standard InChI is InChI=1S/C19H26N4O5S3/c1-2-11-30(25,26)22-8-9-23(31(27,28)17-7-4-10-29-17)19(22)18(24)21-14-16-6-3-5-15(12-16)13-20/h3-7,10,12,19H,2,8-9,11,13-14,20H2,1H3,(H,21,24). The number of hydrogen-bond acceptors (Lipinski definition) is 7. The third-order valence-electron chi connectivity index (χ3n) is 4.89. The molecule has 0 spiro atoms. The molecule has 1 aliphatic rings. The predicted octanol–water partition coefficient (Wildman–Crippen LogP) is 0.895. The van der Waals surface area contributed by atoms with Gasteiger partial charge in [0.15, 0.2) is 6.17 Å². The van der Waals surface area contributed by atoms with Crippen LogP contribution in [0.4, 0.5) is 0 Å². The first-order chi connectivity index (χ1) is 14.7. The molecule has 0 aliphatic carbocycles. The van der Waals surface area contributed by atoms with Gasteiger partial charge in [0, 0.05) is 26.2 Å². The summed E-state index contributed by atoms with van der Waals surface area (Å²) in [6.45, 7) is 2.02. The number of rotatable bonds is 9. The summed E-state index contributed by atoms with van der Waals surface area (Å²) in [5, 5.41) is 4.31. The highest BCUT2D eigenvalue weighted by molar-refractivity contribution is 7.91. The quantitative estimate of drug-likeness (QED) is 0.542. The summed E-state index contributed by atoms with van der Waals surface area (Å²) in [6, 6.07) is 10.3. The molecule has 2 aromatic rings. The van der Waals surface area contributed by atoms with E-state index < -0.39 is 32.1 Å². The third kappa shape index (κ3) is 5.16. The molecule has 1 atom stereocenters. The summed E-state index contributed by atoms with van der Waals surface area (Å²) in [5.74, 6) is -0.849. The van der Waals surface area contributed by atoms with Crippen LogP contribution < -0.4 is 11.1 Å². The van der Waals surface area contributed by atoms with E-state index in [1.807, 2.05) is 18.2 Å². The Bertz CT molecular complexity index is 1120. The number of sulfonamides is 2. The minimum atomic E-state index is -4.02. The normalized spacial score (nSPS) is 18.3. The van der Waals surface area contributed by atoms with Gasteiger partial charge in [-0.1, -0.05) is 37.3 Å². The highest BCUT2D eigenvalue weighted by Gasteiger charge is 2.49. The molecular formula is C19H26N4O5S3. The number of thiophene rings is 1. The lowest BCUT2D eigenvalue weighted by Crippen LogP contribution is -2.53. The van der Waals surface area contributed by atoms with Gasteiger partial charge in [-0.05, 0) is 29.0 Å². The van der Waals surface area contributed by atoms with Crippen molar-refractivity contribution in [2.45, 2.75) is 36.8 Å². The number of benzene rings is 1. The zero-order valence-corrected chi connectivity index (χ0v) is 19.5. The second-order valence-electron chi connectivity index (χ2n) is 7.09. The minimum absolute atomic E-state index is 0.0655. The van der Waals surface area contributed by atoms with Gasteiger partial charge in [-0.2, -0.15) is 8.61 Å².